The molecule has 0 saturated heterocycles. The van der Waals surface area contributed by atoms with Crippen molar-refractivity contribution in [3.63, 3.8) is 0 Å². The van der Waals surface area contributed by atoms with Crippen molar-refractivity contribution in [2.75, 3.05) is 0 Å². The molecule has 0 amide bonds. The van der Waals surface area contributed by atoms with Crippen LogP contribution in [0.3, 0.4) is 0 Å². The number of hydrogen-bond acceptors (Lipinski definition) is 2. The van der Waals surface area contributed by atoms with E-state index in [0.29, 0.717) is 0 Å². The third-order valence-electron chi connectivity index (χ3n) is 1.63. The van der Waals surface area contributed by atoms with Gasteiger partial charge in [-0.1, -0.05) is 6.08 Å². The minimum absolute atomic E-state index is 0. The number of rotatable bonds is 2. The first-order chi connectivity index (χ1) is 7.29. The molecule has 0 aliphatic carbocycles. The molecule has 3 nitrogen and oxygen atoms in total. The first-order valence-electron chi connectivity index (χ1n) is 4.49. The Bertz CT molecular complexity index is 373. The topological polar surface area (TPSA) is 43.1 Å². The minimum atomic E-state index is -0.479. The Morgan fingerprint density at radius 1 is 1.12 bits per heavy atom. The molecule has 0 aliphatic heterocycles. The summed E-state index contributed by atoms with van der Waals surface area (Å²) >= 11 is 0. The first-order valence-corrected chi connectivity index (χ1v) is 4.49. The van der Waals surface area contributed by atoms with E-state index >= 15 is 0 Å². The first kappa shape index (κ1) is 14.4. The molecule has 2 aromatic carbocycles. The molecular weight excluding hydrogens is 246 g/mol. The van der Waals surface area contributed by atoms with E-state index in [0.717, 1.165) is 11.8 Å². The van der Waals surface area contributed by atoms with E-state index in [4.69, 9.17) is 0 Å². The van der Waals surface area contributed by atoms with E-state index in [1.54, 1.807) is 12.1 Å². The van der Waals surface area contributed by atoms with Crippen LogP contribution < -0.4 is 0 Å². The second kappa shape index (κ2) is 8.65. The largest absolute Gasteiger partial charge is 2.00 e. The summed E-state index contributed by atoms with van der Waals surface area (Å²) in [5.41, 5.74) is 0.858. The van der Waals surface area contributed by atoms with Crippen LogP contribution in [-0.4, -0.2) is 4.92 Å². The average Bonchev–Trinajstić information content (AvgIpc) is 2.91. The monoisotopic (exact) mass is 257 g/mol. The van der Waals surface area contributed by atoms with Gasteiger partial charge >= 0.3 is 17.1 Å². The van der Waals surface area contributed by atoms with Crippen molar-refractivity contribution >= 4 is 6.08 Å². The smallest absolute Gasteiger partial charge is 0.268 e. The summed E-state index contributed by atoms with van der Waals surface area (Å²) in [6, 6.07) is 17.3. The van der Waals surface area contributed by atoms with Gasteiger partial charge in [0.25, 0.3) is 0 Å². The predicted molar refractivity (Wildman–Crippen MR) is 60.1 cm³/mol. The second-order valence-corrected chi connectivity index (χ2v) is 2.78. The summed E-state index contributed by atoms with van der Waals surface area (Å²) in [4.78, 5) is 9.33. The molecule has 84 valence electrons. The zero-order valence-corrected chi connectivity index (χ0v) is 9.57. The molecule has 0 heterocycles. The quantitative estimate of drug-likeness (QED) is 0.359. The Labute approximate surface area is 105 Å². The Hall–Kier alpha value is -1.64. The van der Waals surface area contributed by atoms with Crippen LogP contribution in [0.25, 0.3) is 6.08 Å². The Morgan fingerprint density at radius 2 is 1.69 bits per heavy atom. The van der Waals surface area contributed by atoms with Crippen molar-refractivity contribution in [1.82, 2.24) is 0 Å². The molecule has 0 atom stereocenters. The third-order valence-corrected chi connectivity index (χ3v) is 1.63. The number of nitro groups is 1. The van der Waals surface area contributed by atoms with Crippen LogP contribution in [-0.2, 0) is 17.1 Å². The maximum atomic E-state index is 9.81. The van der Waals surface area contributed by atoms with Gasteiger partial charge in [-0.05, 0) is 0 Å². The summed E-state index contributed by atoms with van der Waals surface area (Å²) < 4.78 is 0. The van der Waals surface area contributed by atoms with Crippen molar-refractivity contribution < 1.29 is 22.0 Å². The maximum absolute atomic E-state index is 9.81. The van der Waals surface area contributed by atoms with E-state index < -0.39 is 4.92 Å². The normalized spacial score (nSPS) is 9.00. The molecule has 0 aromatic heterocycles. The molecule has 0 aliphatic rings. The van der Waals surface area contributed by atoms with E-state index in [9.17, 15) is 10.1 Å². The molecule has 0 saturated carbocycles. The van der Waals surface area contributed by atoms with Crippen LogP contribution in [0.1, 0.15) is 5.56 Å². The van der Waals surface area contributed by atoms with Gasteiger partial charge in [0.1, 0.15) is 0 Å². The van der Waals surface area contributed by atoms with Gasteiger partial charge in [-0.2, -0.15) is 30.3 Å². The van der Waals surface area contributed by atoms with Gasteiger partial charge < -0.3 is 0 Å². The van der Waals surface area contributed by atoms with Crippen LogP contribution in [0.15, 0.2) is 60.8 Å². The third kappa shape index (κ3) is 6.76. The summed E-state index contributed by atoms with van der Waals surface area (Å²) in [6.07, 6.45) is 2.38. The van der Waals surface area contributed by atoms with Gasteiger partial charge in [0.05, 0.1) is 0 Å². The molecule has 16 heavy (non-hydrogen) atoms. The van der Waals surface area contributed by atoms with Crippen molar-refractivity contribution in [3.8, 4) is 0 Å². The summed E-state index contributed by atoms with van der Waals surface area (Å²) in [5.74, 6) is 0. The van der Waals surface area contributed by atoms with Crippen LogP contribution >= 0.6 is 0 Å². The molecule has 0 spiro atoms. The van der Waals surface area contributed by atoms with Crippen molar-refractivity contribution in [1.29, 1.82) is 0 Å². The maximum Gasteiger partial charge on any atom is 2.00 e. The Kier molecular flexibility index (Phi) is 7.76. The van der Waals surface area contributed by atoms with Crippen LogP contribution in [0, 0.1) is 10.1 Å². The standard InChI is InChI=1S/C7H6NO2.C5H5.Fe/c9-8(10)6-5-7-3-1-2-4-7;1-2-4-5-3-1;/h1-6H;1-5H;/q2*-1;+2/b6-5+;;. The minimum Gasteiger partial charge on any atom is -0.268 e. The van der Waals surface area contributed by atoms with Gasteiger partial charge in [0.2, 0.25) is 0 Å². The van der Waals surface area contributed by atoms with Gasteiger partial charge in [0.15, 0.2) is 6.20 Å². The SMILES string of the molecule is O=[N+]([O-])/C=C/[c-]1cccc1.[Fe+2].c1cc[cH-]c1. The zero-order valence-electron chi connectivity index (χ0n) is 8.47. The summed E-state index contributed by atoms with van der Waals surface area (Å²) in [7, 11) is 0. The van der Waals surface area contributed by atoms with Gasteiger partial charge in [-0.25, -0.2) is 12.1 Å². The number of nitrogens with zero attached hydrogens (tertiary/aromatic N) is 1. The van der Waals surface area contributed by atoms with Gasteiger partial charge in [-0.15, -0.1) is 17.7 Å². The zero-order chi connectivity index (χ0) is 10.9. The van der Waals surface area contributed by atoms with Gasteiger partial charge in [0, 0.05) is 4.92 Å². The van der Waals surface area contributed by atoms with E-state index in [2.05, 4.69) is 0 Å². The fraction of sp³-hybridized carbons (Fsp3) is 0. The molecule has 0 unspecified atom stereocenters. The summed E-state index contributed by atoms with van der Waals surface area (Å²) in [5, 5.41) is 9.81. The van der Waals surface area contributed by atoms with Crippen molar-refractivity contribution in [3.05, 3.63) is 76.5 Å². The fourth-order valence-electron chi connectivity index (χ4n) is 0.968. The molecule has 4 heteroatoms. The van der Waals surface area contributed by atoms with Gasteiger partial charge in [-0.3, -0.25) is 10.1 Å². The predicted octanol–water partition coefficient (Wildman–Crippen LogP) is 3.06. The average molecular weight is 257 g/mol. The molecule has 2 rings (SSSR count). The Morgan fingerprint density at radius 3 is 2.06 bits per heavy atom. The molecule has 2 aromatic rings. The van der Waals surface area contributed by atoms with E-state index in [1.165, 1.54) is 6.08 Å². The number of hydrogen-bond donors (Lipinski definition) is 0. The summed E-state index contributed by atoms with van der Waals surface area (Å²) in [6.45, 7) is 0. The van der Waals surface area contributed by atoms with Crippen LogP contribution in [0.4, 0.5) is 0 Å². The van der Waals surface area contributed by atoms with E-state index in [1.807, 2.05) is 42.5 Å². The molecule has 0 bridgehead atoms. The molecule has 0 N–H and O–H groups in total. The molecule has 0 fully saturated rings. The van der Waals surface area contributed by atoms with Crippen LogP contribution in [0.2, 0.25) is 0 Å². The Balaban J connectivity index is 0.000000318. The van der Waals surface area contributed by atoms with E-state index in [-0.39, 0.29) is 17.1 Å². The second-order valence-electron chi connectivity index (χ2n) is 2.78. The van der Waals surface area contributed by atoms with Crippen LogP contribution in [0.5, 0.6) is 0 Å². The van der Waals surface area contributed by atoms with Crippen molar-refractivity contribution in [2.24, 2.45) is 0 Å². The van der Waals surface area contributed by atoms with Crippen molar-refractivity contribution in [2.45, 2.75) is 0 Å². The fourth-order valence-corrected chi connectivity index (χ4v) is 0.968. The molecule has 0 radical (unpaired) electrons. The molecular formula is C12H11FeNO2.